The van der Waals surface area contributed by atoms with Gasteiger partial charge in [0.25, 0.3) is 5.91 Å². The van der Waals surface area contributed by atoms with E-state index in [1.807, 2.05) is 30.3 Å². The first-order valence-corrected chi connectivity index (χ1v) is 8.41. The molecule has 0 radical (unpaired) electrons. The molecule has 22 heavy (non-hydrogen) atoms. The van der Waals surface area contributed by atoms with Crippen LogP contribution in [0.5, 0.6) is 5.75 Å². The summed E-state index contributed by atoms with van der Waals surface area (Å²) >= 11 is 7.90. The Morgan fingerprint density at radius 2 is 2.18 bits per heavy atom. The number of hydrogen-bond donors (Lipinski definition) is 1. The van der Waals surface area contributed by atoms with Crippen LogP contribution in [0.25, 0.3) is 0 Å². The zero-order valence-electron chi connectivity index (χ0n) is 12.1. The molecule has 1 aliphatic rings. The zero-order valence-corrected chi connectivity index (χ0v) is 13.7. The molecule has 1 heterocycles. The van der Waals surface area contributed by atoms with Crippen molar-refractivity contribution in [2.24, 2.45) is 0 Å². The Hall–Kier alpha value is -1.65. The lowest BCUT2D eigenvalue weighted by Crippen LogP contribution is -2.30. The van der Waals surface area contributed by atoms with Crippen molar-refractivity contribution in [3.63, 3.8) is 0 Å². The largest absolute Gasteiger partial charge is 0.497 e. The molecule has 5 heteroatoms. The summed E-state index contributed by atoms with van der Waals surface area (Å²) < 4.78 is 5.17. The number of nitrogens with one attached hydrogen (secondary N) is 1. The van der Waals surface area contributed by atoms with Gasteiger partial charge in [-0.1, -0.05) is 17.7 Å². The number of rotatable bonds is 3. The number of amides is 1. The average molecular weight is 334 g/mol. The summed E-state index contributed by atoms with van der Waals surface area (Å²) in [7, 11) is 1.59. The van der Waals surface area contributed by atoms with Gasteiger partial charge in [-0.25, -0.2) is 0 Å². The minimum Gasteiger partial charge on any atom is -0.497 e. The lowest BCUT2D eigenvalue weighted by Gasteiger charge is -2.26. The van der Waals surface area contributed by atoms with Crippen LogP contribution in [0, 0.1) is 0 Å². The van der Waals surface area contributed by atoms with Crippen molar-refractivity contribution in [3.8, 4) is 5.75 Å². The summed E-state index contributed by atoms with van der Waals surface area (Å²) in [5.74, 6) is 1.56. The van der Waals surface area contributed by atoms with E-state index in [1.54, 1.807) is 31.0 Å². The highest BCUT2D eigenvalue weighted by atomic mass is 35.5. The predicted molar refractivity (Wildman–Crippen MR) is 90.0 cm³/mol. The van der Waals surface area contributed by atoms with Gasteiger partial charge in [-0.15, -0.1) is 11.8 Å². The molecule has 0 bridgehead atoms. The first-order valence-electron chi connectivity index (χ1n) is 7.04. The van der Waals surface area contributed by atoms with Crippen LogP contribution in [0.1, 0.15) is 28.4 Å². The van der Waals surface area contributed by atoms with Gasteiger partial charge in [0.1, 0.15) is 5.75 Å². The van der Waals surface area contributed by atoms with Crippen molar-refractivity contribution in [1.29, 1.82) is 0 Å². The van der Waals surface area contributed by atoms with Gasteiger partial charge < -0.3 is 10.1 Å². The summed E-state index contributed by atoms with van der Waals surface area (Å²) in [4.78, 5) is 13.7. The van der Waals surface area contributed by atoms with Crippen molar-refractivity contribution in [2.75, 3.05) is 12.9 Å². The first kappa shape index (κ1) is 15.3. The Balaban J connectivity index is 1.82. The second kappa shape index (κ2) is 6.63. The monoisotopic (exact) mass is 333 g/mol. The quantitative estimate of drug-likeness (QED) is 0.909. The average Bonchev–Trinajstić information content (AvgIpc) is 2.55. The van der Waals surface area contributed by atoms with Crippen LogP contribution >= 0.6 is 23.4 Å². The fraction of sp³-hybridized carbons (Fsp3) is 0.235. The minimum absolute atomic E-state index is 0.00588. The minimum atomic E-state index is -0.0956. The molecule has 1 aliphatic heterocycles. The fourth-order valence-electron chi connectivity index (χ4n) is 2.52. The molecule has 1 amide bonds. The normalized spacial score (nSPS) is 16.7. The topological polar surface area (TPSA) is 38.3 Å². The first-order chi connectivity index (χ1) is 10.7. The van der Waals surface area contributed by atoms with Crippen LogP contribution in [-0.2, 0) is 0 Å². The zero-order chi connectivity index (χ0) is 15.5. The Morgan fingerprint density at radius 3 is 3.00 bits per heavy atom. The van der Waals surface area contributed by atoms with Crippen molar-refractivity contribution in [3.05, 3.63) is 58.6 Å². The molecule has 2 aromatic rings. The SMILES string of the molecule is COc1cccc(C(=O)N[C@@H]2CCSc3ccc(Cl)cc32)c1. The van der Waals surface area contributed by atoms with Crippen LogP contribution in [0.3, 0.4) is 0 Å². The number of halogens is 1. The molecule has 2 aromatic carbocycles. The highest BCUT2D eigenvalue weighted by molar-refractivity contribution is 7.99. The standard InChI is InChI=1S/C17H16ClNO2S/c1-21-13-4-2-3-11(9-13)17(20)19-15-7-8-22-16-6-5-12(18)10-14(15)16/h2-6,9-10,15H,7-8H2,1H3,(H,19,20)/t15-/m1/s1. The number of methoxy groups -OCH3 is 1. The number of ether oxygens (including phenoxy) is 1. The van der Waals surface area contributed by atoms with Gasteiger partial charge in [0.2, 0.25) is 0 Å². The van der Waals surface area contributed by atoms with Crippen molar-refractivity contribution < 1.29 is 9.53 Å². The molecular formula is C17H16ClNO2S. The molecule has 0 aromatic heterocycles. The molecule has 0 saturated carbocycles. The number of hydrogen-bond acceptors (Lipinski definition) is 3. The van der Waals surface area contributed by atoms with E-state index in [-0.39, 0.29) is 11.9 Å². The summed E-state index contributed by atoms with van der Waals surface area (Å²) in [5.41, 5.74) is 1.70. The second-order valence-electron chi connectivity index (χ2n) is 5.08. The third-order valence-corrected chi connectivity index (χ3v) is 5.01. The van der Waals surface area contributed by atoms with Gasteiger partial charge in [0, 0.05) is 21.2 Å². The summed E-state index contributed by atoms with van der Waals surface area (Å²) in [6, 6.07) is 13.0. The van der Waals surface area contributed by atoms with Crippen LogP contribution in [-0.4, -0.2) is 18.8 Å². The molecule has 0 unspecified atom stereocenters. The van der Waals surface area contributed by atoms with Gasteiger partial charge >= 0.3 is 0 Å². The van der Waals surface area contributed by atoms with Gasteiger partial charge in [0.15, 0.2) is 0 Å². The Bertz CT molecular complexity index is 705. The summed E-state index contributed by atoms with van der Waals surface area (Å²) in [6.07, 6.45) is 0.897. The molecular weight excluding hydrogens is 318 g/mol. The van der Waals surface area contributed by atoms with Crippen LogP contribution in [0.15, 0.2) is 47.4 Å². The maximum atomic E-state index is 12.5. The highest BCUT2D eigenvalue weighted by Gasteiger charge is 2.23. The van der Waals surface area contributed by atoms with E-state index in [1.165, 1.54) is 4.90 Å². The molecule has 0 spiro atoms. The van der Waals surface area contributed by atoms with Crippen molar-refractivity contribution in [2.45, 2.75) is 17.4 Å². The summed E-state index contributed by atoms with van der Waals surface area (Å²) in [5, 5.41) is 3.80. The smallest absolute Gasteiger partial charge is 0.251 e. The lowest BCUT2D eigenvalue weighted by atomic mass is 10.0. The third-order valence-electron chi connectivity index (χ3n) is 3.65. The highest BCUT2D eigenvalue weighted by Crippen LogP contribution is 2.37. The molecule has 0 aliphatic carbocycles. The maximum Gasteiger partial charge on any atom is 0.251 e. The summed E-state index contributed by atoms with van der Waals surface area (Å²) in [6.45, 7) is 0. The molecule has 0 fully saturated rings. The third kappa shape index (κ3) is 3.23. The van der Waals surface area contributed by atoms with Crippen molar-refractivity contribution >= 4 is 29.3 Å². The van der Waals surface area contributed by atoms with E-state index < -0.39 is 0 Å². The van der Waals surface area contributed by atoms with Gasteiger partial charge in [0.05, 0.1) is 13.2 Å². The molecule has 0 saturated heterocycles. The number of carbonyl (C=O) groups is 1. The van der Waals surface area contributed by atoms with E-state index in [4.69, 9.17) is 16.3 Å². The predicted octanol–water partition coefficient (Wildman–Crippen LogP) is 4.32. The van der Waals surface area contributed by atoms with E-state index in [0.29, 0.717) is 16.3 Å². The molecule has 1 N–H and O–H groups in total. The molecule has 3 nitrogen and oxygen atoms in total. The van der Waals surface area contributed by atoms with Gasteiger partial charge in [-0.05, 0) is 48.4 Å². The molecule has 3 rings (SSSR count). The molecule has 114 valence electrons. The van der Waals surface area contributed by atoms with Gasteiger partial charge in [-0.3, -0.25) is 4.79 Å². The number of fused-ring (bicyclic) bond motifs is 1. The van der Waals surface area contributed by atoms with Crippen LogP contribution < -0.4 is 10.1 Å². The van der Waals surface area contributed by atoms with Crippen LogP contribution in [0.4, 0.5) is 0 Å². The number of thioether (sulfide) groups is 1. The number of carbonyl (C=O) groups excluding carboxylic acids is 1. The number of benzene rings is 2. The van der Waals surface area contributed by atoms with Gasteiger partial charge in [-0.2, -0.15) is 0 Å². The molecule has 1 atom stereocenters. The Kier molecular flexibility index (Phi) is 4.60. The Morgan fingerprint density at radius 1 is 1.32 bits per heavy atom. The van der Waals surface area contributed by atoms with Crippen molar-refractivity contribution in [1.82, 2.24) is 5.32 Å². The van der Waals surface area contributed by atoms with Crippen LogP contribution in [0.2, 0.25) is 5.02 Å². The maximum absolute atomic E-state index is 12.5. The van der Waals surface area contributed by atoms with E-state index in [9.17, 15) is 4.79 Å². The fourth-order valence-corrected chi connectivity index (χ4v) is 3.81. The lowest BCUT2D eigenvalue weighted by molar-refractivity contribution is 0.0934. The van der Waals surface area contributed by atoms with E-state index in [2.05, 4.69) is 5.32 Å². The Labute approximate surface area is 139 Å². The van der Waals surface area contributed by atoms with E-state index in [0.717, 1.165) is 17.7 Å². The van der Waals surface area contributed by atoms with E-state index >= 15 is 0 Å². The second-order valence-corrected chi connectivity index (χ2v) is 6.65.